The first kappa shape index (κ1) is 11.5. The van der Waals surface area contributed by atoms with Gasteiger partial charge in [0.25, 0.3) is 0 Å². The van der Waals surface area contributed by atoms with Gasteiger partial charge >= 0.3 is 0 Å². The van der Waals surface area contributed by atoms with E-state index in [2.05, 4.69) is 28.5 Å². The minimum Gasteiger partial charge on any atom is -0.342 e. The highest BCUT2D eigenvalue weighted by molar-refractivity contribution is 5.76. The highest BCUT2D eigenvalue weighted by Gasteiger charge is 2.22. The predicted molar refractivity (Wildman–Crippen MR) is 77.4 cm³/mol. The molecule has 2 heterocycles. The van der Waals surface area contributed by atoms with Crippen LogP contribution in [0.15, 0.2) is 18.2 Å². The Labute approximate surface area is 113 Å². The third-order valence-corrected chi connectivity index (χ3v) is 4.70. The fourth-order valence-electron chi connectivity index (χ4n) is 3.29. The smallest absolute Gasteiger partial charge is 0.110 e. The van der Waals surface area contributed by atoms with E-state index in [0.717, 1.165) is 11.9 Å². The molecule has 0 bridgehead atoms. The molecule has 2 aliphatic rings. The van der Waals surface area contributed by atoms with Crippen molar-refractivity contribution in [3.63, 3.8) is 0 Å². The Morgan fingerprint density at radius 3 is 2.84 bits per heavy atom. The monoisotopic (exact) mass is 255 g/mol. The number of nitrogens with zero attached hydrogens (tertiary/aromatic N) is 1. The molecule has 1 saturated carbocycles. The Morgan fingerprint density at radius 1 is 1.16 bits per heavy atom. The van der Waals surface area contributed by atoms with E-state index in [1.807, 2.05) is 0 Å². The van der Waals surface area contributed by atoms with Gasteiger partial charge in [-0.1, -0.05) is 12.5 Å². The summed E-state index contributed by atoms with van der Waals surface area (Å²) in [7, 11) is 0. The molecular weight excluding hydrogens is 234 g/mol. The Hall–Kier alpha value is -1.35. The lowest BCUT2D eigenvalue weighted by Crippen LogP contribution is -2.23. The summed E-state index contributed by atoms with van der Waals surface area (Å²) in [6.07, 6.45) is 7.75. The molecule has 1 aromatic carbocycles. The minimum absolute atomic E-state index is 0.673. The topological polar surface area (TPSA) is 40.7 Å². The van der Waals surface area contributed by atoms with E-state index in [-0.39, 0.29) is 0 Å². The van der Waals surface area contributed by atoms with Gasteiger partial charge in [-0.05, 0) is 56.3 Å². The Kier molecular flexibility index (Phi) is 2.80. The second-order valence-electron chi connectivity index (χ2n) is 6.10. The summed E-state index contributed by atoms with van der Waals surface area (Å²) in [6, 6.07) is 7.39. The van der Waals surface area contributed by atoms with Crippen LogP contribution in [0.25, 0.3) is 11.0 Å². The number of nitrogens with one attached hydrogen (secondary N) is 2. The molecule has 100 valence electrons. The summed E-state index contributed by atoms with van der Waals surface area (Å²) in [5.41, 5.74) is 3.78. The van der Waals surface area contributed by atoms with Crippen LogP contribution in [0.5, 0.6) is 0 Å². The first-order valence-corrected chi connectivity index (χ1v) is 7.60. The summed E-state index contributed by atoms with van der Waals surface area (Å²) in [5.74, 6) is 1.89. The molecule has 2 fully saturated rings. The normalized spacial score (nSPS) is 23.9. The van der Waals surface area contributed by atoms with Crippen molar-refractivity contribution in [3.8, 4) is 0 Å². The van der Waals surface area contributed by atoms with Gasteiger partial charge in [-0.3, -0.25) is 0 Å². The molecule has 3 heteroatoms. The van der Waals surface area contributed by atoms with E-state index < -0.39 is 0 Å². The summed E-state index contributed by atoms with van der Waals surface area (Å²) in [5, 5.41) is 3.57. The van der Waals surface area contributed by atoms with Crippen LogP contribution in [0.1, 0.15) is 49.4 Å². The maximum Gasteiger partial charge on any atom is 0.110 e. The van der Waals surface area contributed by atoms with Gasteiger partial charge in [0.2, 0.25) is 0 Å². The maximum atomic E-state index is 4.74. The number of benzene rings is 1. The van der Waals surface area contributed by atoms with Gasteiger partial charge in [0.05, 0.1) is 11.0 Å². The standard InChI is InChI=1S/C16H21N3/c1-3-12(4-1)16-18-14-7-6-11(10-15(14)19-16)9-13-5-2-8-17-13/h6-7,10,12-13,17H,1-5,8-9H2,(H,18,19). The molecule has 3 nitrogen and oxygen atoms in total. The van der Waals surface area contributed by atoms with Crippen LogP contribution in [-0.2, 0) is 6.42 Å². The van der Waals surface area contributed by atoms with Crippen molar-refractivity contribution in [1.29, 1.82) is 0 Å². The number of aromatic amines is 1. The van der Waals surface area contributed by atoms with E-state index >= 15 is 0 Å². The van der Waals surface area contributed by atoms with E-state index in [1.54, 1.807) is 0 Å². The number of rotatable bonds is 3. The summed E-state index contributed by atoms with van der Waals surface area (Å²) >= 11 is 0. The molecule has 19 heavy (non-hydrogen) atoms. The number of aromatic nitrogens is 2. The second kappa shape index (κ2) is 4.64. The third kappa shape index (κ3) is 2.16. The van der Waals surface area contributed by atoms with Gasteiger partial charge in [0.1, 0.15) is 5.82 Å². The van der Waals surface area contributed by atoms with E-state index in [4.69, 9.17) is 4.98 Å². The zero-order valence-electron chi connectivity index (χ0n) is 11.3. The number of hydrogen-bond donors (Lipinski definition) is 2. The second-order valence-corrected chi connectivity index (χ2v) is 6.10. The number of H-pyrrole nitrogens is 1. The quantitative estimate of drug-likeness (QED) is 0.884. The van der Waals surface area contributed by atoms with E-state index in [9.17, 15) is 0 Å². The van der Waals surface area contributed by atoms with Crippen LogP contribution in [0.4, 0.5) is 0 Å². The van der Waals surface area contributed by atoms with Crippen LogP contribution in [0.2, 0.25) is 0 Å². The van der Waals surface area contributed by atoms with Crippen molar-refractivity contribution in [1.82, 2.24) is 15.3 Å². The lowest BCUT2D eigenvalue weighted by Gasteiger charge is -2.22. The average Bonchev–Trinajstić information content (AvgIpc) is 2.95. The summed E-state index contributed by atoms with van der Waals surface area (Å²) in [6.45, 7) is 1.18. The Bertz CT molecular complexity index is 577. The van der Waals surface area contributed by atoms with Crippen LogP contribution >= 0.6 is 0 Å². The summed E-state index contributed by atoms with van der Waals surface area (Å²) < 4.78 is 0. The predicted octanol–water partition coefficient (Wildman–Crippen LogP) is 3.12. The highest BCUT2D eigenvalue weighted by Crippen LogP contribution is 2.35. The van der Waals surface area contributed by atoms with Crippen molar-refractivity contribution in [2.24, 2.45) is 0 Å². The molecule has 1 unspecified atom stereocenters. The van der Waals surface area contributed by atoms with Crippen LogP contribution in [-0.4, -0.2) is 22.6 Å². The molecule has 0 amide bonds. The molecule has 4 rings (SSSR count). The van der Waals surface area contributed by atoms with Crippen molar-refractivity contribution >= 4 is 11.0 Å². The van der Waals surface area contributed by atoms with Gasteiger partial charge in [0, 0.05) is 12.0 Å². The molecule has 0 radical (unpaired) electrons. The molecule has 1 aromatic heterocycles. The SMILES string of the molecule is c1cc2nc(C3CCC3)[nH]c2cc1CC1CCCN1. The third-order valence-electron chi connectivity index (χ3n) is 4.70. The maximum absolute atomic E-state index is 4.74. The number of hydrogen-bond acceptors (Lipinski definition) is 2. The molecule has 1 aliphatic heterocycles. The van der Waals surface area contributed by atoms with Crippen molar-refractivity contribution in [2.75, 3.05) is 6.54 Å². The van der Waals surface area contributed by atoms with Gasteiger partial charge in [-0.2, -0.15) is 0 Å². The molecular formula is C16H21N3. The largest absolute Gasteiger partial charge is 0.342 e. The first-order valence-electron chi connectivity index (χ1n) is 7.60. The Balaban J connectivity index is 1.58. The molecule has 2 aromatic rings. The van der Waals surface area contributed by atoms with Crippen LogP contribution < -0.4 is 5.32 Å². The molecule has 0 spiro atoms. The molecule has 1 saturated heterocycles. The van der Waals surface area contributed by atoms with Gasteiger partial charge in [0.15, 0.2) is 0 Å². The molecule has 2 N–H and O–H groups in total. The van der Waals surface area contributed by atoms with Gasteiger partial charge < -0.3 is 10.3 Å². The van der Waals surface area contributed by atoms with Gasteiger partial charge in [-0.25, -0.2) is 4.98 Å². The van der Waals surface area contributed by atoms with Crippen molar-refractivity contribution < 1.29 is 0 Å². The highest BCUT2D eigenvalue weighted by atomic mass is 14.9. The summed E-state index contributed by atoms with van der Waals surface area (Å²) in [4.78, 5) is 8.27. The van der Waals surface area contributed by atoms with Crippen LogP contribution in [0, 0.1) is 0 Å². The lowest BCUT2D eigenvalue weighted by molar-refractivity contribution is 0.405. The molecule has 1 aliphatic carbocycles. The average molecular weight is 255 g/mol. The zero-order valence-corrected chi connectivity index (χ0v) is 11.3. The van der Waals surface area contributed by atoms with Crippen LogP contribution in [0.3, 0.4) is 0 Å². The fourth-order valence-corrected chi connectivity index (χ4v) is 3.29. The van der Waals surface area contributed by atoms with Gasteiger partial charge in [-0.15, -0.1) is 0 Å². The number of imidazole rings is 1. The zero-order chi connectivity index (χ0) is 12.7. The lowest BCUT2D eigenvalue weighted by atomic mass is 9.85. The van der Waals surface area contributed by atoms with E-state index in [1.165, 1.54) is 55.6 Å². The van der Waals surface area contributed by atoms with Crippen molar-refractivity contribution in [3.05, 3.63) is 29.6 Å². The Morgan fingerprint density at radius 2 is 2.11 bits per heavy atom. The minimum atomic E-state index is 0.673. The first-order chi connectivity index (χ1) is 9.38. The number of fused-ring (bicyclic) bond motifs is 1. The molecule has 1 atom stereocenters. The van der Waals surface area contributed by atoms with Crippen molar-refractivity contribution in [2.45, 2.75) is 50.5 Å². The fraction of sp³-hybridized carbons (Fsp3) is 0.562. The van der Waals surface area contributed by atoms with E-state index in [0.29, 0.717) is 12.0 Å².